The molecule has 0 aromatic heterocycles. The van der Waals surface area contributed by atoms with E-state index in [-0.39, 0.29) is 11.0 Å². The lowest BCUT2D eigenvalue weighted by molar-refractivity contribution is -0.122. The van der Waals surface area contributed by atoms with Gasteiger partial charge >= 0.3 is 0 Å². The van der Waals surface area contributed by atoms with Crippen LogP contribution in [0.2, 0.25) is 10.0 Å². The van der Waals surface area contributed by atoms with Gasteiger partial charge in [0.25, 0.3) is 11.9 Å². The Labute approximate surface area is 95.6 Å². The van der Waals surface area contributed by atoms with E-state index in [1.165, 1.54) is 0 Å². The number of amidine groups is 1. The van der Waals surface area contributed by atoms with Crippen LogP contribution in [0, 0.1) is 0 Å². The van der Waals surface area contributed by atoms with Crippen molar-refractivity contribution in [2.45, 2.75) is 6.10 Å². The van der Waals surface area contributed by atoms with Crippen LogP contribution in [0.4, 0.5) is 0 Å². The highest BCUT2D eigenvalue weighted by Crippen LogP contribution is 2.33. The van der Waals surface area contributed by atoms with E-state index in [0.29, 0.717) is 10.6 Å². The molecule has 0 saturated heterocycles. The van der Waals surface area contributed by atoms with Gasteiger partial charge in [0, 0.05) is 5.56 Å². The van der Waals surface area contributed by atoms with Crippen LogP contribution >= 0.6 is 23.2 Å². The molecule has 1 amide bonds. The van der Waals surface area contributed by atoms with Gasteiger partial charge in [-0.05, 0) is 6.07 Å². The van der Waals surface area contributed by atoms with Crippen LogP contribution in [-0.4, -0.2) is 11.9 Å². The Balaban J connectivity index is 2.40. The molecule has 0 spiro atoms. The molecular weight excluding hydrogens is 239 g/mol. The fourth-order valence-electron chi connectivity index (χ4n) is 1.28. The summed E-state index contributed by atoms with van der Waals surface area (Å²) in [6.45, 7) is 0. The fourth-order valence-corrected chi connectivity index (χ4v) is 1.69. The summed E-state index contributed by atoms with van der Waals surface area (Å²) >= 11 is 11.7. The van der Waals surface area contributed by atoms with Gasteiger partial charge in [0.05, 0.1) is 10.0 Å². The van der Waals surface area contributed by atoms with Crippen LogP contribution in [0.5, 0.6) is 0 Å². The van der Waals surface area contributed by atoms with Gasteiger partial charge in [0.15, 0.2) is 0 Å². The molecule has 2 N–H and O–H groups in total. The lowest BCUT2D eigenvalue weighted by Crippen LogP contribution is -2.14. The smallest absolute Gasteiger partial charge is 0.296 e. The molecule has 78 valence electrons. The summed E-state index contributed by atoms with van der Waals surface area (Å²) in [6, 6.07) is 4.79. The maximum atomic E-state index is 11.4. The lowest BCUT2D eigenvalue weighted by Gasteiger charge is -2.10. The molecule has 2 rings (SSSR count). The van der Waals surface area contributed by atoms with Crippen LogP contribution in [-0.2, 0) is 9.53 Å². The van der Waals surface area contributed by atoms with Crippen molar-refractivity contribution < 1.29 is 9.53 Å². The van der Waals surface area contributed by atoms with Gasteiger partial charge in [0.1, 0.15) is 0 Å². The van der Waals surface area contributed by atoms with E-state index in [4.69, 9.17) is 33.7 Å². The van der Waals surface area contributed by atoms with Crippen molar-refractivity contribution in [1.82, 2.24) is 0 Å². The van der Waals surface area contributed by atoms with Crippen molar-refractivity contribution in [3.63, 3.8) is 0 Å². The summed E-state index contributed by atoms with van der Waals surface area (Å²) < 4.78 is 5.03. The minimum absolute atomic E-state index is 0.152. The molecule has 15 heavy (non-hydrogen) atoms. The first-order valence-corrected chi connectivity index (χ1v) is 4.84. The molecule has 1 aliphatic heterocycles. The number of carbonyl (C=O) groups excluding carboxylic acids is 1. The zero-order chi connectivity index (χ0) is 11.0. The molecule has 0 bridgehead atoms. The molecule has 4 nitrogen and oxygen atoms in total. The molecule has 0 saturated carbocycles. The third-order valence-corrected chi connectivity index (χ3v) is 2.78. The van der Waals surface area contributed by atoms with Crippen LogP contribution in [0.25, 0.3) is 0 Å². The Morgan fingerprint density at radius 2 is 2.13 bits per heavy atom. The number of halogens is 2. The summed E-state index contributed by atoms with van der Waals surface area (Å²) in [7, 11) is 0. The van der Waals surface area contributed by atoms with Crippen molar-refractivity contribution >= 4 is 35.1 Å². The van der Waals surface area contributed by atoms with E-state index < -0.39 is 12.0 Å². The maximum absolute atomic E-state index is 11.4. The Morgan fingerprint density at radius 1 is 1.40 bits per heavy atom. The largest absolute Gasteiger partial charge is 0.447 e. The summed E-state index contributed by atoms with van der Waals surface area (Å²) in [5.74, 6) is -0.475. The lowest BCUT2D eigenvalue weighted by atomic mass is 10.1. The van der Waals surface area contributed by atoms with E-state index in [0.717, 1.165) is 0 Å². The monoisotopic (exact) mass is 244 g/mol. The summed E-state index contributed by atoms with van der Waals surface area (Å²) in [4.78, 5) is 14.8. The topological polar surface area (TPSA) is 64.7 Å². The predicted molar refractivity (Wildman–Crippen MR) is 56.9 cm³/mol. The first kappa shape index (κ1) is 10.3. The number of hydrogen-bond acceptors (Lipinski definition) is 3. The van der Waals surface area contributed by atoms with Gasteiger partial charge < -0.3 is 10.5 Å². The van der Waals surface area contributed by atoms with E-state index in [9.17, 15) is 4.79 Å². The SMILES string of the molecule is NC1=NC(=O)C(c2cccc(Cl)c2Cl)O1. The number of ether oxygens (including phenoxy) is 1. The Bertz CT molecular complexity index is 459. The predicted octanol–water partition coefficient (Wildman–Crippen LogP) is 1.91. The highest BCUT2D eigenvalue weighted by atomic mass is 35.5. The molecule has 1 heterocycles. The van der Waals surface area contributed by atoms with Crippen LogP contribution in [0.15, 0.2) is 23.2 Å². The molecule has 0 fully saturated rings. The number of rotatable bonds is 1. The molecule has 0 radical (unpaired) electrons. The number of hydrogen-bond donors (Lipinski definition) is 1. The van der Waals surface area contributed by atoms with Gasteiger partial charge in [-0.25, -0.2) is 0 Å². The first-order valence-electron chi connectivity index (χ1n) is 4.08. The number of nitrogens with two attached hydrogens (primary N) is 1. The minimum atomic E-state index is -0.879. The minimum Gasteiger partial charge on any atom is -0.447 e. The van der Waals surface area contributed by atoms with E-state index in [1.54, 1.807) is 18.2 Å². The number of benzene rings is 1. The maximum Gasteiger partial charge on any atom is 0.296 e. The molecule has 1 atom stereocenters. The molecular formula is C9H6Cl2N2O2. The standard InChI is InChI=1S/C9H6Cl2N2O2/c10-5-3-1-2-4(6(5)11)7-8(14)13-9(12)15-7/h1-3,7H,(H2,12,13,14). The summed E-state index contributed by atoms with van der Waals surface area (Å²) in [5, 5.41) is 0.637. The third-order valence-electron chi connectivity index (χ3n) is 1.95. The summed E-state index contributed by atoms with van der Waals surface area (Å²) in [6.07, 6.45) is -0.879. The average Bonchev–Trinajstić information content (AvgIpc) is 2.50. The molecule has 1 aromatic rings. The molecule has 6 heteroatoms. The van der Waals surface area contributed by atoms with Crippen molar-refractivity contribution in [3.8, 4) is 0 Å². The van der Waals surface area contributed by atoms with Gasteiger partial charge in [-0.1, -0.05) is 35.3 Å². The Morgan fingerprint density at radius 3 is 2.73 bits per heavy atom. The van der Waals surface area contributed by atoms with Crippen molar-refractivity contribution in [2.75, 3.05) is 0 Å². The average molecular weight is 245 g/mol. The summed E-state index contributed by atoms with van der Waals surface area (Å²) in [5.41, 5.74) is 5.74. The van der Waals surface area contributed by atoms with E-state index in [2.05, 4.69) is 4.99 Å². The van der Waals surface area contributed by atoms with Crippen LogP contribution in [0.3, 0.4) is 0 Å². The second kappa shape index (κ2) is 3.72. The first-order chi connectivity index (χ1) is 7.09. The molecule has 1 aliphatic rings. The highest BCUT2D eigenvalue weighted by Gasteiger charge is 2.31. The molecule has 1 aromatic carbocycles. The fraction of sp³-hybridized carbons (Fsp3) is 0.111. The van der Waals surface area contributed by atoms with Crippen LogP contribution in [0.1, 0.15) is 11.7 Å². The van der Waals surface area contributed by atoms with Gasteiger partial charge in [-0.15, -0.1) is 0 Å². The second-order valence-electron chi connectivity index (χ2n) is 2.93. The zero-order valence-corrected chi connectivity index (χ0v) is 8.92. The van der Waals surface area contributed by atoms with Crippen molar-refractivity contribution in [2.24, 2.45) is 10.7 Å². The van der Waals surface area contributed by atoms with E-state index >= 15 is 0 Å². The molecule has 1 unspecified atom stereocenters. The highest BCUT2D eigenvalue weighted by molar-refractivity contribution is 6.42. The number of nitrogens with zero attached hydrogens (tertiary/aromatic N) is 1. The third kappa shape index (κ3) is 1.78. The Kier molecular flexibility index (Phi) is 2.54. The Hall–Kier alpha value is -1.26. The van der Waals surface area contributed by atoms with Crippen molar-refractivity contribution in [1.29, 1.82) is 0 Å². The normalized spacial score (nSPS) is 20.0. The quantitative estimate of drug-likeness (QED) is 0.821. The van der Waals surface area contributed by atoms with Gasteiger partial charge in [-0.2, -0.15) is 4.99 Å². The van der Waals surface area contributed by atoms with Crippen LogP contribution < -0.4 is 5.73 Å². The number of aliphatic imine (C=N–C) groups is 1. The second-order valence-corrected chi connectivity index (χ2v) is 3.71. The number of amides is 1. The van der Waals surface area contributed by atoms with E-state index in [1.807, 2.05) is 0 Å². The molecule has 0 aliphatic carbocycles. The zero-order valence-electron chi connectivity index (χ0n) is 7.41. The van der Waals surface area contributed by atoms with Gasteiger partial charge in [0.2, 0.25) is 6.10 Å². The number of carbonyl (C=O) groups is 1. The van der Waals surface area contributed by atoms with Gasteiger partial charge in [-0.3, -0.25) is 4.79 Å². The van der Waals surface area contributed by atoms with Crippen molar-refractivity contribution in [3.05, 3.63) is 33.8 Å².